The maximum atomic E-state index is 12.7. The number of piperidine rings is 1. The summed E-state index contributed by atoms with van der Waals surface area (Å²) in [5.74, 6) is -0.825. The van der Waals surface area contributed by atoms with Crippen LogP contribution in [0.25, 0.3) is 0 Å². The van der Waals surface area contributed by atoms with E-state index in [0.29, 0.717) is 11.4 Å². The van der Waals surface area contributed by atoms with Crippen LogP contribution in [0.2, 0.25) is 0 Å². The Morgan fingerprint density at radius 3 is 2.38 bits per heavy atom. The van der Waals surface area contributed by atoms with Crippen molar-refractivity contribution in [2.24, 2.45) is 11.7 Å². The normalized spacial score (nSPS) is 17.1. The molecule has 2 rings (SSSR count). The molecule has 0 atom stereocenters. The average Bonchev–Trinajstić information content (AvgIpc) is 2.36. The molecule has 1 aliphatic heterocycles. The molecule has 0 unspecified atom stereocenters. The Kier molecular flexibility index (Phi) is 4.11. The van der Waals surface area contributed by atoms with Gasteiger partial charge < -0.3 is 10.6 Å². The Labute approximate surface area is 121 Å². The summed E-state index contributed by atoms with van der Waals surface area (Å²) in [5, 5.41) is 7.68. The van der Waals surface area contributed by atoms with E-state index in [0.717, 1.165) is 11.3 Å². The predicted octanol–water partition coefficient (Wildman–Crippen LogP) is 2.76. The lowest BCUT2D eigenvalue weighted by atomic mass is 9.95. The molecule has 4 nitrogen and oxygen atoms in total. The third-order valence-electron chi connectivity index (χ3n) is 3.85. The maximum Gasteiger partial charge on any atom is 0.391 e. The van der Waals surface area contributed by atoms with Gasteiger partial charge in [0, 0.05) is 18.8 Å². The van der Waals surface area contributed by atoms with Crippen LogP contribution in [0.1, 0.15) is 29.7 Å². The molecule has 0 amide bonds. The van der Waals surface area contributed by atoms with E-state index in [4.69, 9.17) is 11.1 Å². The van der Waals surface area contributed by atoms with Gasteiger partial charge in [-0.15, -0.1) is 0 Å². The van der Waals surface area contributed by atoms with Gasteiger partial charge in [0.2, 0.25) is 0 Å². The summed E-state index contributed by atoms with van der Waals surface area (Å²) in [7, 11) is 0. The topological polar surface area (TPSA) is 66.0 Å². The van der Waals surface area contributed by atoms with Crippen LogP contribution in [0.4, 0.5) is 19.0 Å². The number of pyridine rings is 1. The van der Waals surface area contributed by atoms with E-state index in [1.165, 1.54) is 0 Å². The van der Waals surface area contributed by atoms with E-state index in [1.807, 2.05) is 19.9 Å². The molecule has 1 aromatic heterocycles. The molecule has 0 saturated carbocycles. The van der Waals surface area contributed by atoms with E-state index in [1.54, 1.807) is 4.90 Å². The summed E-state index contributed by atoms with van der Waals surface area (Å²) in [4.78, 5) is 6.19. The highest BCUT2D eigenvalue weighted by Crippen LogP contribution is 2.36. The van der Waals surface area contributed by atoms with Crippen LogP contribution < -0.4 is 10.6 Å². The van der Waals surface area contributed by atoms with Crippen LogP contribution in [0.3, 0.4) is 0 Å². The number of nitrogen functional groups attached to an aromatic ring is 1. The molecule has 1 aliphatic rings. The van der Waals surface area contributed by atoms with E-state index in [2.05, 4.69) is 4.98 Å². The lowest BCUT2D eigenvalue weighted by Crippen LogP contribution is -2.40. The first-order valence-electron chi connectivity index (χ1n) is 6.84. The van der Waals surface area contributed by atoms with Crippen molar-refractivity contribution >= 4 is 11.7 Å². The van der Waals surface area contributed by atoms with Crippen LogP contribution in [-0.4, -0.2) is 30.1 Å². The van der Waals surface area contributed by atoms with Crippen LogP contribution in [0.15, 0.2) is 6.07 Å². The first-order valence-corrected chi connectivity index (χ1v) is 6.84. The van der Waals surface area contributed by atoms with Crippen molar-refractivity contribution in [3.8, 4) is 0 Å². The van der Waals surface area contributed by atoms with E-state index in [9.17, 15) is 13.2 Å². The standard InChI is InChI=1S/C14H19F3N4/c1-8-7-9(2)20-13(11(8)12(18)19)21-5-3-10(4-6-21)14(15,16)17/h7,10H,3-6H2,1-2H3,(H3,18,19). The minimum atomic E-state index is -4.13. The number of rotatable bonds is 2. The number of anilines is 1. The Morgan fingerprint density at radius 1 is 1.33 bits per heavy atom. The van der Waals surface area contributed by atoms with Gasteiger partial charge in [0.15, 0.2) is 0 Å². The highest BCUT2D eigenvalue weighted by Gasteiger charge is 2.41. The summed E-state index contributed by atoms with van der Waals surface area (Å²) < 4.78 is 38.2. The summed E-state index contributed by atoms with van der Waals surface area (Å²) >= 11 is 0. The van der Waals surface area contributed by atoms with Gasteiger partial charge in [-0.3, -0.25) is 5.41 Å². The highest BCUT2D eigenvalue weighted by molar-refractivity contribution is 6.01. The quantitative estimate of drug-likeness (QED) is 0.652. The number of amidine groups is 1. The fourth-order valence-corrected chi connectivity index (χ4v) is 2.80. The molecule has 21 heavy (non-hydrogen) atoms. The van der Waals surface area contributed by atoms with Gasteiger partial charge in [-0.25, -0.2) is 4.98 Å². The Balaban J connectivity index is 2.26. The molecule has 1 fully saturated rings. The van der Waals surface area contributed by atoms with Crippen molar-refractivity contribution in [2.45, 2.75) is 32.9 Å². The first kappa shape index (κ1) is 15.6. The maximum absolute atomic E-state index is 12.7. The molecule has 1 saturated heterocycles. The van der Waals surface area contributed by atoms with Crippen LogP contribution in [0, 0.1) is 25.2 Å². The second kappa shape index (κ2) is 5.54. The average molecular weight is 300 g/mol. The fraction of sp³-hybridized carbons (Fsp3) is 0.571. The summed E-state index contributed by atoms with van der Waals surface area (Å²) in [6.45, 7) is 4.21. The Hall–Kier alpha value is -1.79. The summed E-state index contributed by atoms with van der Waals surface area (Å²) in [6, 6.07) is 1.82. The zero-order valence-electron chi connectivity index (χ0n) is 12.1. The SMILES string of the molecule is Cc1cc(C)c(C(=N)N)c(N2CCC(C(F)(F)F)CC2)n1. The first-order chi connectivity index (χ1) is 9.70. The van der Waals surface area contributed by atoms with Crippen molar-refractivity contribution in [3.05, 3.63) is 22.9 Å². The smallest absolute Gasteiger partial charge is 0.384 e. The van der Waals surface area contributed by atoms with E-state index >= 15 is 0 Å². The van der Waals surface area contributed by atoms with Gasteiger partial charge in [0.1, 0.15) is 11.7 Å². The molecule has 7 heteroatoms. The molecule has 1 aromatic rings. The monoisotopic (exact) mass is 300 g/mol. The molecule has 0 aliphatic carbocycles. The zero-order valence-corrected chi connectivity index (χ0v) is 12.1. The third-order valence-corrected chi connectivity index (χ3v) is 3.85. The molecule has 0 spiro atoms. The minimum Gasteiger partial charge on any atom is -0.384 e. The number of nitrogens with one attached hydrogen (secondary N) is 1. The molecule has 3 N–H and O–H groups in total. The fourth-order valence-electron chi connectivity index (χ4n) is 2.80. The number of aryl methyl sites for hydroxylation is 2. The van der Waals surface area contributed by atoms with Crippen LogP contribution >= 0.6 is 0 Å². The zero-order chi connectivity index (χ0) is 15.8. The largest absolute Gasteiger partial charge is 0.391 e. The summed E-state index contributed by atoms with van der Waals surface area (Å²) in [5.41, 5.74) is 7.72. The van der Waals surface area contributed by atoms with Gasteiger partial charge >= 0.3 is 6.18 Å². The Bertz CT molecular complexity index is 546. The second-order valence-corrected chi connectivity index (χ2v) is 5.50. The van der Waals surface area contributed by atoms with Crippen molar-refractivity contribution in [1.29, 1.82) is 5.41 Å². The van der Waals surface area contributed by atoms with E-state index in [-0.39, 0.29) is 31.8 Å². The number of nitrogens with zero attached hydrogens (tertiary/aromatic N) is 2. The predicted molar refractivity (Wildman–Crippen MR) is 75.7 cm³/mol. The van der Waals surface area contributed by atoms with Gasteiger partial charge in [0.05, 0.1) is 11.5 Å². The molecular formula is C14H19F3N4. The number of aromatic nitrogens is 1. The van der Waals surface area contributed by atoms with Crippen molar-refractivity contribution < 1.29 is 13.2 Å². The number of hydrogen-bond acceptors (Lipinski definition) is 3. The van der Waals surface area contributed by atoms with Crippen molar-refractivity contribution in [3.63, 3.8) is 0 Å². The van der Waals surface area contributed by atoms with Gasteiger partial charge in [-0.1, -0.05) is 0 Å². The molecule has 0 bridgehead atoms. The van der Waals surface area contributed by atoms with Gasteiger partial charge in [0.25, 0.3) is 0 Å². The minimum absolute atomic E-state index is 0.0511. The third kappa shape index (κ3) is 3.28. The molecule has 0 radical (unpaired) electrons. The second-order valence-electron chi connectivity index (χ2n) is 5.50. The number of halogens is 3. The van der Waals surface area contributed by atoms with Gasteiger partial charge in [-0.2, -0.15) is 13.2 Å². The number of alkyl halides is 3. The Morgan fingerprint density at radius 2 is 1.90 bits per heavy atom. The highest BCUT2D eigenvalue weighted by atomic mass is 19.4. The van der Waals surface area contributed by atoms with Gasteiger partial charge in [-0.05, 0) is 38.3 Å². The lowest BCUT2D eigenvalue weighted by Gasteiger charge is -2.35. The lowest BCUT2D eigenvalue weighted by molar-refractivity contribution is -0.179. The number of hydrogen-bond donors (Lipinski definition) is 2. The molecule has 2 heterocycles. The number of nitrogens with two attached hydrogens (primary N) is 1. The van der Waals surface area contributed by atoms with E-state index < -0.39 is 12.1 Å². The summed E-state index contributed by atoms with van der Waals surface area (Å²) in [6.07, 6.45) is -4.03. The van der Waals surface area contributed by atoms with Crippen LogP contribution in [-0.2, 0) is 0 Å². The molecule has 0 aromatic carbocycles. The van der Waals surface area contributed by atoms with Crippen molar-refractivity contribution in [2.75, 3.05) is 18.0 Å². The van der Waals surface area contributed by atoms with Crippen LogP contribution in [0.5, 0.6) is 0 Å². The molecular weight excluding hydrogens is 281 g/mol. The van der Waals surface area contributed by atoms with Crippen molar-refractivity contribution in [1.82, 2.24) is 4.98 Å². The molecule has 116 valence electrons.